The minimum absolute atomic E-state index is 0.0505. The molecule has 1 amide bonds. The van der Waals surface area contributed by atoms with Crippen molar-refractivity contribution >= 4 is 34.6 Å². The summed E-state index contributed by atoms with van der Waals surface area (Å²) in [7, 11) is 0. The molecule has 33 heavy (non-hydrogen) atoms. The van der Waals surface area contributed by atoms with Gasteiger partial charge in [0.15, 0.2) is 5.11 Å². The standard InChI is InChI=1S/C23H26F3N3O3S/c1-3-15(2)32-18-7-4-16(5-8-18)21(30)28-22(33)27-19-14-17(23(24,25)26)6-9-20(19)29-10-12-31-13-11-29/h4-9,14-15H,3,10-13H2,1-2H3,(H2,27,28,30,33)/t15-/m0/s1. The van der Waals surface area contributed by atoms with Crippen LogP contribution in [0.3, 0.4) is 0 Å². The number of hydrogen-bond donors (Lipinski definition) is 2. The number of carbonyl (C=O) groups is 1. The van der Waals surface area contributed by atoms with Crippen molar-refractivity contribution in [2.24, 2.45) is 0 Å². The van der Waals surface area contributed by atoms with Gasteiger partial charge >= 0.3 is 6.18 Å². The zero-order chi connectivity index (χ0) is 24.0. The first-order valence-corrected chi connectivity index (χ1v) is 11.0. The van der Waals surface area contributed by atoms with Crippen LogP contribution in [0.25, 0.3) is 0 Å². The molecule has 10 heteroatoms. The first-order chi connectivity index (χ1) is 15.7. The highest BCUT2D eigenvalue weighted by molar-refractivity contribution is 7.80. The molecule has 0 aromatic heterocycles. The lowest BCUT2D eigenvalue weighted by Gasteiger charge is -2.31. The predicted octanol–water partition coefficient (Wildman–Crippen LogP) is 4.85. The Morgan fingerprint density at radius 3 is 2.45 bits per heavy atom. The maximum Gasteiger partial charge on any atom is 0.416 e. The normalized spacial score (nSPS) is 15.0. The minimum Gasteiger partial charge on any atom is -0.491 e. The van der Waals surface area contributed by atoms with Gasteiger partial charge in [0.2, 0.25) is 0 Å². The van der Waals surface area contributed by atoms with Crippen LogP contribution in [-0.4, -0.2) is 43.4 Å². The Morgan fingerprint density at radius 1 is 1.18 bits per heavy atom. The number of nitrogens with one attached hydrogen (secondary N) is 2. The molecule has 1 fully saturated rings. The molecule has 0 saturated carbocycles. The second-order valence-corrected chi connectivity index (χ2v) is 8.01. The number of anilines is 2. The fourth-order valence-electron chi connectivity index (χ4n) is 3.22. The quantitative estimate of drug-likeness (QED) is 0.576. The van der Waals surface area contributed by atoms with E-state index in [-0.39, 0.29) is 16.9 Å². The number of thiocarbonyl (C=S) groups is 1. The zero-order valence-electron chi connectivity index (χ0n) is 18.4. The van der Waals surface area contributed by atoms with E-state index in [1.165, 1.54) is 6.07 Å². The van der Waals surface area contributed by atoms with Crippen LogP contribution in [0.5, 0.6) is 5.75 Å². The summed E-state index contributed by atoms with van der Waals surface area (Å²) in [6.07, 6.45) is -3.61. The fraction of sp³-hybridized carbons (Fsp3) is 0.391. The predicted molar refractivity (Wildman–Crippen MR) is 125 cm³/mol. The number of nitrogens with zero attached hydrogens (tertiary/aromatic N) is 1. The number of carbonyl (C=O) groups excluding carboxylic acids is 1. The Morgan fingerprint density at radius 2 is 1.85 bits per heavy atom. The molecule has 1 aliphatic heterocycles. The van der Waals surface area contributed by atoms with Crippen LogP contribution in [0.4, 0.5) is 24.5 Å². The Kier molecular flexibility index (Phi) is 8.15. The van der Waals surface area contributed by atoms with Crippen molar-refractivity contribution in [2.75, 3.05) is 36.5 Å². The number of hydrogen-bond acceptors (Lipinski definition) is 5. The third-order valence-electron chi connectivity index (χ3n) is 5.18. The van der Waals surface area contributed by atoms with Crippen molar-refractivity contribution < 1.29 is 27.4 Å². The van der Waals surface area contributed by atoms with Crippen molar-refractivity contribution in [1.82, 2.24) is 5.32 Å². The van der Waals surface area contributed by atoms with Gasteiger partial charge in [-0.2, -0.15) is 13.2 Å². The third-order valence-corrected chi connectivity index (χ3v) is 5.38. The number of amides is 1. The molecule has 2 aromatic rings. The lowest BCUT2D eigenvalue weighted by atomic mass is 10.1. The SMILES string of the molecule is CC[C@H](C)Oc1ccc(C(=O)NC(=S)Nc2cc(C(F)(F)F)ccc2N2CCOCC2)cc1. The van der Waals surface area contributed by atoms with Crippen molar-refractivity contribution in [3.05, 3.63) is 53.6 Å². The lowest BCUT2D eigenvalue weighted by Crippen LogP contribution is -2.38. The van der Waals surface area contributed by atoms with Crippen LogP contribution in [0.1, 0.15) is 36.2 Å². The first-order valence-electron chi connectivity index (χ1n) is 10.6. The number of rotatable bonds is 6. The van der Waals surface area contributed by atoms with E-state index in [0.29, 0.717) is 43.3 Å². The van der Waals surface area contributed by atoms with Gasteiger partial charge in [0.05, 0.1) is 36.3 Å². The van der Waals surface area contributed by atoms with E-state index in [9.17, 15) is 18.0 Å². The van der Waals surface area contributed by atoms with E-state index in [1.54, 1.807) is 24.3 Å². The molecule has 0 aliphatic carbocycles. The van der Waals surface area contributed by atoms with Gasteiger partial charge in [-0.05, 0) is 68.0 Å². The molecular weight excluding hydrogens is 455 g/mol. The summed E-state index contributed by atoms with van der Waals surface area (Å²) in [5.41, 5.74) is 0.241. The Hall–Kier alpha value is -2.85. The fourth-order valence-corrected chi connectivity index (χ4v) is 3.42. The molecule has 6 nitrogen and oxygen atoms in total. The third kappa shape index (κ3) is 6.82. The number of halogens is 3. The number of alkyl halides is 3. The summed E-state index contributed by atoms with van der Waals surface area (Å²) in [5.74, 6) is 0.156. The largest absolute Gasteiger partial charge is 0.491 e. The number of benzene rings is 2. The van der Waals surface area contributed by atoms with Crippen LogP contribution >= 0.6 is 12.2 Å². The lowest BCUT2D eigenvalue weighted by molar-refractivity contribution is -0.137. The van der Waals surface area contributed by atoms with Gasteiger partial charge in [-0.1, -0.05) is 6.92 Å². The van der Waals surface area contributed by atoms with Crippen LogP contribution in [0, 0.1) is 0 Å². The van der Waals surface area contributed by atoms with Gasteiger partial charge in [-0.3, -0.25) is 10.1 Å². The van der Waals surface area contributed by atoms with Crippen LogP contribution in [0.15, 0.2) is 42.5 Å². The summed E-state index contributed by atoms with van der Waals surface area (Å²) in [6.45, 7) is 5.96. The molecule has 1 atom stereocenters. The number of morpholine rings is 1. The summed E-state index contributed by atoms with van der Waals surface area (Å²) >= 11 is 5.22. The number of ether oxygens (including phenoxy) is 2. The molecule has 2 N–H and O–H groups in total. The maximum absolute atomic E-state index is 13.3. The van der Waals surface area contributed by atoms with Crippen molar-refractivity contribution in [3.8, 4) is 5.75 Å². The minimum atomic E-state index is -4.51. The molecule has 0 spiro atoms. The monoisotopic (exact) mass is 481 g/mol. The maximum atomic E-state index is 13.3. The molecule has 3 rings (SSSR count). The van der Waals surface area contributed by atoms with E-state index in [0.717, 1.165) is 18.6 Å². The smallest absolute Gasteiger partial charge is 0.416 e. The van der Waals surface area contributed by atoms with E-state index < -0.39 is 17.6 Å². The van der Waals surface area contributed by atoms with Gasteiger partial charge in [-0.25, -0.2) is 0 Å². The second-order valence-electron chi connectivity index (χ2n) is 7.60. The molecule has 1 heterocycles. The highest BCUT2D eigenvalue weighted by atomic mass is 32.1. The Labute approximate surface area is 196 Å². The summed E-state index contributed by atoms with van der Waals surface area (Å²) in [5, 5.41) is 5.18. The van der Waals surface area contributed by atoms with Crippen molar-refractivity contribution in [2.45, 2.75) is 32.5 Å². The highest BCUT2D eigenvalue weighted by Crippen LogP contribution is 2.35. The van der Waals surface area contributed by atoms with Crippen molar-refractivity contribution in [1.29, 1.82) is 0 Å². The van der Waals surface area contributed by atoms with Crippen LogP contribution in [0.2, 0.25) is 0 Å². The van der Waals surface area contributed by atoms with E-state index in [1.807, 2.05) is 18.7 Å². The Bertz CT molecular complexity index is 977. The van der Waals surface area contributed by atoms with Crippen LogP contribution in [-0.2, 0) is 10.9 Å². The Balaban J connectivity index is 1.72. The summed E-state index contributed by atoms with van der Waals surface area (Å²) in [6, 6.07) is 9.97. The van der Waals surface area contributed by atoms with E-state index >= 15 is 0 Å². The molecule has 0 bridgehead atoms. The average molecular weight is 482 g/mol. The van der Waals surface area contributed by atoms with Crippen molar-refractivity contribution in [3.63, 3.8) is 0 Å². The van der Waals surface area contributed by atoms with Crippen LogP contribution < -0.4 is 20.3 Å². The van der Waals surface area contributed by atoms with Gasteiger partial charge in [0.1, 0.15) is 5.75 Å². The molecular formula is C23H26F3N3O3S. The summed E-state index contributed by atoms with van der Waals surface area (Å²) < 4.78 is 50.8. The molecule has 0 unspecified atom stereocenters. The van der Waals surface area contributed by atoms with Gasteiger partial charge < -0.3 is 19.7 Å². The highest BCUT2D eigenvalue weighted by Gasteiger charge is 2.31. The molecule has 1 saturated heterocycles. The van der Waals surface area contributed by atoms with Gasteiger partial charge in [0.25, 0.3) is 5.91 Å². The molecule has 0 radical (unpaired) electrons. The summed E-state index contributed by atoms with van der Waals surface area (Å²) in [4.78, 5) is 14.5. The molecule has 2 aromatic carbocycles. The van der Waals surface area contributed by atoms with Gasteiger partial charge in [0, 0.05) is 18.7 Å². The zero-order valence-corrected chi connectivity index (χ0v) is 19.2. The van der Waals surface area contributed by atoms with E-state index in [4.69, 9.17) is 21.7 Å². The average Bonchev–Trinajstić information content (AvgIpc) is 2.79. The second kappa shape index (κ2) is 10.8. The molecule has 1 aliphatic rings. The van der Waals surface area contributed by atoms with E-state index in [2.05, 4.69) is 10.6 Å². The van der Waals surface area contributed by atoms with Gasteiger partial charge in [-0.15, -0.1) is 0 Å². The molecule has 178 valence electrons. The topological polar surface area (TPSA) is 62.8 Å². The first kappa shape index (κ1) is 24.8.